The molecule has 0 saturated carbocycles. The summed E-state index contributed by atoms with van der Waals surface area (Å²) in [5.74, 6) is -0.984. The number of piperidine rings is 1. The molecule has 1 aromatic carbocycles. The van der Waals surface area contributed by atoms with E-state index in [1.54, 1.807) is 36.1 Å². The van der Waals surface area contributed by atoms with Crippen LogP contribution in [0.4, 0.5) is 0 Å². The molecule has 6 heteroatoms. The molecule has 1 amide bonds. The minimum atomic E-state index is -0.806. The molecule has 0 spiro atoms. The van der Waals surface area contributed by atoms with Crippen molar-refractivity contribution in [2.75, 3.05) is 13.1 Å². The molecule has 22 heavy (non-hydrogen) atoms. The van der Waals surface area contributed by atoms with E-state index in [0.29, 0.717) is 37.2 Å². The maximum Gasteiger partial charge on any atom is 0.306 e. The number of carboxylic acids is 1. The summed E-state index contributed by atoms with van der Waals surface area (Å²) in [6, 6.07) is 8.78. The summed E-state index contributed by atoms with van der Waals surface area (Å²) in [5.41, 5.74) is 0.381. The Labute approximate surface area is 128 Å². The van der Waals surface area contributed by atoms with Crippen molar-refractivity contribution >= 4 is 11.9 Å². The first-order chi connectivity index (χ1) is 10.5. The summed E-state index contributed by atoms with van der Waals surface area (Å²) >= 11 is 0. The van der Waals surface area contributed by atoms with Crippen LogP contribution in [0.1, 0.15) is 25.3 Å². The quantitative estimate of drug-likeness (QED) is 0.913. The number of hydrogen-bond acceptors (Lipinski definition) is 4. The molecular formula is C16H18N2O4. The average molecular weight is 302 g/mol. The highest BCUT2D eigenvalue weighted by atomic mass is 16.5. The third-order valence-corrected chi connectivity index (χ3v) is 3.81. The molecule has 116 valence electrons. The molecule has 1 aromatic rings. The second-order valence-electron chi connectivity index (χ2n) is 5.31. The zero-order chi connectivity index (χ0) is 16.1. The molecule has 1 aliphatic heterocycles. The largest absolute Gasteiger partial charge is 0.481 e. The Morgan fingerprint density at radius 2 is 2.00 bits per heavy atom. The second kappa shape index (κ2) is 6.94. The van der Waals surface area contributed by atoms with Crippen molar-refractivity contribution in [3.05, 3.63) is 29.8 Å². The summed E-state index contributed by atoms with van der Waals surface area (Å²) in [5, 5.41) is 18.0. The number of carboxylic acid groups (broad SMARTS) is 1. The van der Waals surface area contributed by atoms with Crippen LogP contribution in [-0.2, 0) is 9.59 Å². The van der Waals surface area contributed by atoms with E-state index in [4.69, 9.17) is 15.1 Å². The Morgan fingerprint density at radius 1 is 1.36 bits per heavy atom. The average Bonchev–Trinajstić information content (AvgIpc) is 2.54. The van der Waals surface area contributed by atoms with E-state index in [9.17, 15) is 9.59 Å². The van der Waals surface area contributed by atoms with Gasteiger partial charge in [-0.15, -0.1) is 0 Å². The fourth-order valence-corrected chi connectivity index (χ4v) is 2.51. The normalized spacial score (nSPS) is 16.6. The van der Waals surface area contributed by atoms with Gasteiger partial charge in [-0.25, -0.2) is 0 Å². The van der Waals surface area contributed by atoms with Gasteiger partial charge in [0.25, 0.3) is 5.91 Å². The van der Waals surface area contributed by atoms with Gasteiger partial charge in [0, 0.05) is 13.1 Å². The maximum atomic E-state index is 12.3. The molecule has 1 saturated heterocycles. The van der Waals surface area contributed by atoms with E-state index < -0.39 is 12.1 Å². The van der Waals surface area contributed by atoms with Gasteiger partial charge in [0.2, 0.25) is 0 Å². The lowest BCUT2D eigenvalue weighted by atomic mass is 9.97. The van der Waals surface area contributed by atoms with Gasteiger partial charge in [-0.3, -0.25) is 9.59 Å². The summed E-state index contributed by atoms with van der Waals surface area (Å²) in [4.78, 5) is 24.9. The Kier molecular flexibility index (Phi) is 4.99. The number of likely N-dealkylation sites (tertiary alicyclic amines) is 1. The number of ether oxygens (including phenoxy) is 1. The third-order valence-electron chi connectivity index (χ3n) is 3.81. The van der Waals surface area contributed by atoms with Crippen LogP contribution in [0.5, 0.6) is 5.75 Å². The number of para-hydroxylation sites is 1. The van der Waals surface area contributed by atoms with E-state index >= 15 is 0 Å². The fourth-order valence-electron chi connectivity index (χ4n) is 2.51. The number of nitriles is 1. The van der Waals surface area contributed by atoms with Gasteiger partial charge < -0.3 is 14.7 Å². The first-order valence-electron chi connectivity index (χ1n) is 7.20. The Bertz CT molecular complexity index is 600. The monoisotopic (exact) mass is 302 g/mol. The van der Waals surface area contributed by atoms with Crippen LogP contribution >= 0.6 is 0 Å². The van der Waals surface area contributed by atoms with Crippen molar-refractivity contribution in [1.82, 2.24) is 4.90 Å². The predicted octanol–water partition coefficient (Wildman–Crippen LogP) is 1.65. The van der Waals surface area contributed by atoms with Gasteiger partial charge in [0.05, 0.1) is 11.5 Å². The minimum Gasteiger partial charge on any atom is -0.481 e. The standard InChI is InChI=1S/C16H18N2O4/c1-11(22-14-5-3-2-4-13(14)10-17)15(19)18-8-6-12(7-9-18)16(20)21/h2-5,11-12H,6-9H2,1H3,(H,20,21)/t11-/m1/s1. The topological polar surface area (TPSA) is 90.6 Å². The lowest BCUT2D eigenvalue weighted by Crippen LogP contribution is -2.45. The van der Waals surface area contributed by atoms with Gasteiger partial charge >= 0.3 is 5.97 Å². The molecule has 2 rings (SSSR count). The van der Waals surface area contributed by atoms with Crippen molar-refractivity contribution in [2.24, 2.45) is 5.92 Å². The van der Waals surface area contributed by atoms with E-state index in [-0.39, 0.29) is 11.8 Å². The molecule has 0 bridgehead atoms. The van der Waals surface area contributed by atoms with Crippen molar-refractivity contribution in [3.8, 4) is 11.8 Å². The van der Waals surface area contributed by atoms with Crippen molar-refractivity contribution < 1.29 is 19.4 Å². The van der Waals surface area contributed by atoms with Crippen molar-refractivity contribution in [2.45, 2.75) is 25.9 Å². The molecule has 1 N–H and O–H groups in total. The minimum absolute atomic E-state index is 0.184. The van der Waals surface area contributed by atoms with E-state index in [2.05, 4.69) is 0 Å². The highest BCUT2D eigenvalue weighted by Crippen LogP contribution is 2.21. The number of carbonyl (C=O) groups excluding carboxylic acids is 1. The van der Waals surface area contributed by atoms with Crippen LogP contribution in [0.15, 0.2) is 24.3 Å². The summed E-state index contributed by atoms with van der Waals surface area (Å²) in [6.45, 7) is 2.48. The number of amides is 1. The SMILES string of the molecule is C[C@@H](Oc1ccccc1C#N)C(=O)N1CCC(C(=O)O)CC1. The van der Waals surface area contributed by atoms with Crippen LogP contribution in [0, 0.1) is 17.2 Å². The number of nitrogens with zero attached hydrogens (tertiary/aromatic N) is 2. The highest BCUT2D eigenvalue weighted by molar-refractivity contribution is 5.81. The molecule has 0 unspecified atom stereocenters. The zero-order valence-corrected chi connectivity index (χ0v) is 12.4. The maximum absolute atomic E-state index is 12.3. The summed E-state index contributed by atoms with van der Waals surface area (Å²) in [6.07, 6.45) is 0.210. The summed E-state index contributed by atoms with van der Waals surface area (Å²) < 4.78 is 5.60. The van der Waals surface area contributed by atoms with Crippen molar-refractivity contribution in [3.63, 3.8) is 0 Å². The van der Waals surface area contributed by atoms with Gasteiger partial charge in [-0.05, 0) is 31.9 Å². The Morgan fingerprint density at radius 3 is 2.59 bits per heavy atom. The van der Waals surface area contributed by atoms with E-state index in [1.165, 1.54) is 0 Å². The molecule has 0 aliphatic carbocycles. The third kappa shape index (κ3) is 3.55. The highest BCUT2D eigenvalue weighted by Gasteiger charge is 2.30. The van der Waals surface area contributed by atoms with E-state index in [0.717, 1.165) is 0 Å². The van der Waals surface area contributed by atoms with Crippen molar-refractivity contribution in [1.29, 1.82) is 5.26 Å². The van der Waals surface area contributed by atoms with Gasteiger partial charge in [-0.1, -0.05) is 12.1 Å². The van der Waals surface area contributed by atoms with Crippen LogP contribution in [0.2, 0.25) is 0 Å². The lowest BCUT2D eigenvalue weighted by molar-refractivity contribution is -0.147. The number of benzene rings is 1. The molecule has 6 nitrogen and oxygen atoms in total. The molecule has 1 fully saturated rings. The number of hydrogen-bond donors (Lipinski definition) is 1. The molecule has 1 atom stereocenters. The lowest BCUT2D eigenvalue weighted by Gasteiger charge is -2.32. The Balaban J connectivity index is 1.96. The van der Waals surface area contributed by atoms with Crippen LogP contribution in [0.25, 0.3) is 0 Å². The second-order valence-corrected chi connectivity index (χ2v) is 5.31. The Hall–Kier alpha value is -2.55. The van der Waals surface area contributed by atoms with Crippen LogP contribution in [-0.4, -0.2) is 41.1 Å². The number of aliphatic carboxylic acids is 1. The van der Waals surface area contributed by atoms with Gasteiger partial charge in [-0.2, -0.15) is 5.26 Å². The van der Waals surface area contributed by atoms with Gasteiger partial charge in [0.15, 0.2) is 6.10 Å². The number of rotatable bonds is 4. The van der Waals surface area contributed by atoms with E-state index in [1.807, 2.05) is 6.07 Å². The summed E-state index contributed by atoms with van der Waals surface area (Å²) in [7, 11) is 0. The zero-order valence-electron chi connectivity index (χ0n) is 12.4. The molecular weight excluding hydrogens is 284 g/mol. The smallest absolute Gasteiger partial charge is 0.306 e. The van der Waals surface area contributed by atoms with Crippen LogP contribution in [0.3, 0.4) is 0 Å². The molecule has 0 radical (unpaired) electrons. The fraction of sp³-hybridized carbons (Fsp3) is 0.438. The predicted molar refractivity (Wildman–Crippen MR) is 78.2 cm³/mol. The first-order valence-corrected chi connectivity index (χ1v) is 7.20. The molecule has 1 aliphatic rings. The van der Waals surface area contributed by atoms with Crippen LogP contribution < -0.4 is 4.74 Å². The molecule has 0 aromatic heterocycles. The number of carbonyl (C=O) groups is 2. The first kappa shape index (κ1) is 15.8. The van der Waals surface area contributed by atoms with Gasteiger partial charge in [0.1, 0.15) is 11.8 Å². The molecule has 1 heterocycles.